The number of alkyl halides is 3. The molecule has 2 amide bonds. The number of hydrogen-bond acceptors (Lipinski definition) is 4. The summed E-state index contributed by atoms with van der Waals surface area (Å²) in [6.45, 7) is 0.954. The van der Waals surface area contributed by atoms with Crippen molar-refractivity contribution in [3.8, 4) is 0 Å². The predicted octanol–water partition coefficient (Wildman–Crippen LogP) is 1.28. The molecule has 1 aliphatic heterocycles. The van der Waals surface area contributed by atoms with Crippen molar-refractivity contribution in [3.05, 3.63) is 35.8 Å². The quantitative estimate of drug-likeness (QED) is 0.832. The topological polar surface area (TPSA) is 92.7 Å². The van der Waals surface area contributed by atoms with Crippen LogP contribution in [0.15, 0.2) is 24.4 Å². The maximum Gasteiger partial charge on any atom is 0.435 e. The van der Waals surface area contributed by atoms with Crippen molar-refractivity contribution in [2.75, 3.05) is 26.2 Å². The van der Waals surface area contributed by atoms with Crippen molar-refractivity contribution < 1.29 is 22.8 Å². The Kier molecular flexibility index (Phi) is 5.36. The summed E-state index contributed by atoms with van der Waals surface area (Å²) in [4.78, 5) is 30.0. The molecule has 0 bridgehead atoms. The predicted molar refractivity (Wildman–Crippen MR) is 90.9 cm³/mol. The van der Waals surface area contributed by atoms with Gasteiger partial charge < -0.3 is 16.0 Å². The number of aromatic nitrogens is 2. The third kappa shape index (κ3) is 3.90. The van der Waals surface area contributed by atoms with Gasteiger partial charge in [-0.2, -0.15) is 13.2 Å². The van der Waals surface area contributed by atoms with Crippen molar-refractivity contribution in [1.29, 1.82) is 0 Å². The number of rotatable bonds is 4. The van der Waals surface area contributed by atoms with E-state index >= 15 is 0 Å². The molecule has 1 fully saturated rings. The van der Waals surface area contributed by atoms with Crippen LogP contribution in [0.3, 0.4) is 0 Å². The molecule has 10 heteroatoms. The Morgan fingerprint density at radius 1 is 1.33 bits per heavy atom. The zero-order valence-corrected chi connectivity index (χ0v) is 14.5. The van der Waals surface area contributed by atoms with Gasteiger partial charge in [0.1, 0.15) is 11.3 Å². The fourth-order valence-electron chi connectivity index (χ4n) is 3.26. The maximum absolute atomic E-state index is 13.4. The number of imidazole rings is 1. The third-order valence-electron chi connectivity index (χ3n) is 4.52. The molecule has 0 aromatic carbocycles. The number of nitrogens with zero attached hydrogens (tertiary/aromatic N) is 3. The van der Waals surface area contributed by atoms with E-state index in [1.54, 1.807) is 6.07 Å². The summed E-state index contributed by atoms with van der Waals surface area (Å²) >= 11 is 0. The number of piperidine rings is 1. The number of hydrogen-bond donors (Lipinski definition) is 2. The number of carbonyl (C=O) groups is 2. The molecule has 7 nitrogen and oxygen atoms in total. The molecule has 2 aromatic heterocycles. The molecule has 1 unspecified atom stereocenters. The van der Waals surface area contributed by atoms with Crippen molar-refractivity contribution in [2.45, 2.75) is 19.0 Å². The maximum atomic E-state index is 13.4. The van der Waals surface area contributed by atoms with Gasteiger partial charge in [-0.15, -0.1) is 0 Å². The summed E-state index contributed by atoms with van der Waals surface area (Å²) in [6, 6.07) is 4.49. The fraction of sp³-hybridized carbons (Fsp3) is 0.471. The van der Waals surface area contributed by atoms with Crippen molar-refractivity contribution in [2.24, 2.45) is 11.7 Å². The van der Waals surface area contributed by atoms with Crippen molar-refractivity contribution >= 4 is 17.5 Å². The lowest BCUT2D eigenvalue weighted by atomic mass is 9.96. The van der Waals surface area contributed by atoms with Crippen LogP contribution in [-0.2, 0) is 11.0 Å². The summed E-state index contributed by atoms with van der Waals surface area (Å²) < 4.78 is 41.4. The van der Waals surface area contributed by atoms with E-state index in [-0.39, 0.29) is 31.2 Å². The molecular weight excluding hydrogens is 363 g/mol. The minimum atomic E-state index is -4.76. The summed E-state index contributed by atoms with van der Waals surface area (Å²) in [7, 11) is 0. The zero-order valence-electron chi connectivity index (χ0n) is 14.5. The van der Waals surface area contributed by atoms with Crippen LogP contribution >= 0.6 is 0 Å². The van der Waals surface area contributed by atoms with Gasteiger partial charge in [0, 0.05) is 32.4 Å². The smallest absolute Gasteiger partial charge is 0.355 e. The summed E-state index contributed by atoms with van der Waals surface area (Å²) in [6.07, 6.45) is -2.28. The van der Waals surface area contributed by atoms with Gasteiger partial charge in [-0.1, -0.05) is 6.07 Å². The molecule has 0 aliphatic carbocycles. The molecule has 0 radical (unpaired) electrons. The second-order valence-corrected chi connectivity index (χ2v) is 6.41. The molecule has 3 N–H and O–H groups in total. The Hall–Kier alpha value is -2.62. The van der Waals surface area contributed by atoms with Crippen LogP contribution in [0.5, 0.6) is 0 Å². The van der Waals surface area contributed by atoms with Gasteiger partial charge in [0.15, 0.2) is 5.69 Å². The van der Waals surface area contributed by atoms with Gasteiger partial charge in [0.2, 0.25) is 5.91 Å². The highest BCUT2D eigenvalue weighted by Crippen LogP contribution is 2.33. The van der Waals surface area contributed by atoms with Gasteiger partial charge in [0.25, 0.3) is 5.91 Å². The molecule has 27 heavy (non-hydrogen) atoms. The number of nitrogens with two attached hydrogens (primary N) is 1. The van der Waals surface area contributed by atoms with Crippen molar-refractivity contribution in [1.82, 2.24) is 19.6 Å². The summed E-state index contributed by atoms with van der Waals surface area (Å²) in [5, 5.41) is 2.66. The Bertz CT molecular complexity index is 849. The number of amides is 2. The second kappa shape index (κ2) is 7.55. The monoisotopic (exact) mass is 383 g/mol. The van der Waals surface area contributed by atoms with E-state index < -0.39 is 29.4 Å². The minimum absolute atomic E-state index is 0.0439. The molecular formula is C17H20F3N5O2. The first kappa shape index (κ1) is 19.2. The summed E-state index contributed by atoms with van der Waals surface area (Å²) in [5.74, 6) is -1.49. The number of carbonyl (C=O) groups excluding carboxylic acids is 2. The van der Waals surface area contributed by atoms with Crippen molar-refractivity contribution in [3.63, 3.8) is 0 Å². The van der Waals surface area contributed by atoms with E-state index in [2.05, 4.69) is 10.3 Å². The molecule has 3 rings (SSSR count). The highest BCUT2D eigenvalue weighted by Gasteiger charge is 2.42. The molecule has 2 aromatic rings. The van der Waals surface area contributed by atoms with E-state index in [0.29, 0.717) is 19.4 Å². The van der Waals surface area contributed by atoms with E-state index in [1.807, 2.05) is 0 Å². The molecule has 3 heterocycles. The van der Waals surface area contributed by atoms with Crippen LogP contribution in [0.25, 0.3) is 5.65 Å². The number of pyridine rings is 1. The first-order valence-corrected chi connectivity index (χ1v) is 8.64. The highest BCUT2D eigenvalue weighted by molar-refractivity contribution is 5.95. The first-order chi connectivity index (χ1) is 12.8. The van der Waals surface area contributed by atoms with Crippen LogP contribution in [0.1, 0.15) is 29.0 Å². The number of nitrogens with one attached hydrogen (secondary N) is 1. The minimum Gasteiger partial charge on any atom is -0.355 e. The largest absolute Gasteiger partial charge is 0.435 e. The second-order valence-electron chi connectivity index (χ2n) is 6.41. The Morgan fingerprint density at radius 2 is 2.11 bits per heavy atom. The Morgan fingerprint density at radius 3 is 2.81 bits per heavy atom. The fourth-order valence-corrected chi connectivity index (χ4v) is 3.26. The lowest BCUT2D eigenvalue weighted by Crippen LogP contribution is -2.46. The number of likely N-dealkylation sites (tertiary alicyclic amines) is 1. The number of halogens is 3. The average molecular weight is 383 g/mol. The highest BCUT2D eigenvalue weighted by atomic mass is 19.4. The van der Waals surface area contributed by atoms with E-state index in [4.69, 9.17) is 5.73 Å². The van der Waals surface area contributed by atoms with E-state index in [1.165, 1.54) is 23.2 Å². The lowest BCUT2D eigenvalue weighted by Gasteiger charge is -2.32. The average Bonchev–Trinajstić information content (AvgIpc) is 3.05. The van der Waals surface area contributed by atoms with E-state index in [0.717, 1.165) is 4.40 Å². The van der Waals surface area contributed by atoms with Crippen LogP contribution in [0.4, 0.5) is 13.2 Å². The third-order valence-corrected chi connectivity index (χ3v) is 4.52. The van der Waals surface area contributed by atoms with Gasteiger partial charge in [-0.3, -0.25) is 14.0 Å². The number of fused-ring (bicyclic) bond motifs is 1. The van der Waals surface area contributed by atoms with Crippen LogP contribution in [-0.4, -0.2) is 52.3 Å². The lowest BCUT2D eigenvalue weighted by molar-refractivity contribution is -0.141. The molecule has 1 saturated heterocycles. The van der Waals surface area contributed by atoms with Gasteiger partial charge in [-0.25, -0.2) is 4.98 Å². The zero-order chi connectivity index (χ0) is 19.6. The molecule has 1 atom stereocenters. The Balaban J connectivity index is 1.90. The normalized spacial score (nSPS) is 17.9. The molecule has 0 saturated carbocycles. The summed E-state index contributed by atoms with van der Waals surface area (Å²) in [5.41, 5.74) is 3.66. The molecule has 1 aliphatic rings. The van der Waals surface area contributed by atoms with Crippen LogP contribution < -0.4 is 11.1 Å². The standard InChI is InChI=1S/C17H20F3N5O2/c18-17(19,20)14-13(25-9-2-1-5-12(25)23-14)16(27)24-8-3-4-11(10-24)15(26)22-7-6-21/h1-2,5,9,11H,3-4,6-8,10,21H2,(H,22,26). The van der Waals surface area contributed by atoms with Gasteiger partial charge >= 0.3 is 6.18 Å². The van der Waals surface area contributed by atoms with Crippen LogP contribution in [0, 0.1) is 5.92 Å². The Labute approximate surface area is 153 Å². The SMILES string of the molecule is NCCNC(=O)C1CCCN(C(=O)c2c(C(F)(F)F)nc3ccccn23)C1. The molecule has 0 spiro atoms. The first-order valence-electron chi connectivity index (χ1n) is 8.64. The van der Waals surface area contributed by atoms with Gasteiger partial charge in [0.05, 0.1) is 5.92 Å². The molecule has 146 valence electrons. The van der Waals surface area contributed by atoms with E-state index in [9.17, 15) is 22.8 Å². The van der Waals surface area contributed by atoms with Crippen LogP contribution in [0.2, 0.25) is 0 Å². The van der Waals surface area contributed by atoms with Gasteiger partial charge in [-0.05, 0) is 25.0 Å².